The van der Waals surface area contributed by atoms with Crippen molar-refractivity contribution in [3.05, 3.63) is 29.6 Å². The maximum absolute atomic E-state index is 7.59. The van der Waals surface area contributed by atoms with Crippen molar-refractivity contribution in [2.24, 2.45) is 5.11 Å². The van der Waals surface area contributed by atoms with Crippen molar-refractivity contribution < 1.29 is 0 Å². The molecule has 0 atom stereocenters. The van der Waals surface area contributed by atoms with Crippen LogP contribution in [0.15, 0.2) is 17.4 Å². The minimum absolute atomic E-state index is 0.248. The van der Waals surface area contributed by atoms with Crippen molar-refractivity contribution in [3.8, 4) is 0 Å². The van der Waals surface area contributed by atoms with Gasteiger partial charge in [-0.25, -0.2) is 0 Å². The molecular formula is C3H4N3. The Hall–Kier alpha value is -0.950. The van der Waals surface area contributed by atoms with Gasteiger partial charge >= 0.3 is 0 Å². The fourth-order valence-electron chi connectivity index (χ4n) is 0.0632. The summed E-state index contributed by atoms with van der Waals surface area (Å²) in [5, 5.41) is 3.00. The van der Waals surface area contributed by atoms with Gasteiger partial charge in [0.05, 0.1) is 0 Å². The van der Waals surface area contributed by atoms with E-state index in [1.54, 1.807) is 0 Å². The molecule has 0 aliphatic rings. The van der Waals surface area contributed by atoms with Gasteiger partial charge in [0.1, 0.15) is 0 Å². The lowest BCUT2D eigenvalue weighted by Crippen LogP contribution is -1.51. The summed E-state index contributed by atoms with van der Waals surface area (Å²) in [6.45, 7) is 6.43. The van der Waals surface area contributed by atoms with Crippen molar-refractivity contribution in [2.75, 3.05) is 0 Å². The molecule has 31 valence electrons. The van der Waals surface area contributed by atoms with Crippen LogP contribution in [-0.2, 0) is 0 Å². The standard InChI is InChI=1S/C3H4N3/c1-3(2)5-6-4/h1-2H2. The Kier molecular flexibility index (Phi) is 1.93. The molecule has 0 saturated heterocycles. The summed E-state index contributed by atoms with van der Waals surface area (Å²) < 4.78 is 0. The number of azide groups is 1. The van der Waals surface area contributed by atoms with E-state index in [1.807, 2.05) is 0 Å². The monoisotopic (exact) mass is 82.0 g/mol. The summed E-state index contributed by atoms with van der Waals surface area (Å²) in [7, 11) is 0. The van der Waals surface area contributed by atoms with Gasteiger partial charge in [0.15, 0.2) is 0 Å². The van der Waals surface area contributed by atoms with E-state index in [4.69, 9.17) is 5.53 Å². The zero-order valence-electron chi connectivity index (χ0n) is 3.26. The largest absolute Gasteiger partial charge is 0.0936 e. The summed E-state index contributed by atoms with van der Waals surface area (Å²) >= 11 is 0. The van der Waals surface area contributed by atoms with Crippen molar-refractivity contribution in [3.63, 3.8) is 0 Å². The van der Waals surface area contributed by atoms with Crippen LogP contribution in [0, 0.1) is 6.92 Å². The SMILES string of the molecule is [CH2]C(=C)N=[N+]=[N-]. The third kappa shape index (κ3) is 3.05. The zero-order chi connectivity index (χ0) is 4.99. The van der Waals surface area contributed by atoms with E-state index in [1.165, 1.54) is 0 Å². The molecule has 0 fully saturated rings. The molecule has 0 rings (SSSR count). The van der Waals surface area contributed by atoms with Crippen LogP contribution in [0.5, 0.6) is 0 Å². The lowest BCUT2D eigenvalue weighted by atomic mass is 10.6. The molecule has 0 aromatic rings. The Balaban J connectivity index is 3.60. The highest BCUT2D eigenvalue weighted by Gasteiger charge is 1.65. The molecule has 3 heteroatoms. The molecule has 0 amide bonds. The zero-order valence-corrected chi connectivity index (χ0v) is 3.26. The lowest BCUT2D eigenvalue weighted by Gasteiger charge is -1.69. The number of allylic oxidation sites excluding steroid dienone is 1. The quantitative estimate of drug-likeness (QED) is 0.262. The van der Waals surface area contributed by atoms with E-state index in [9.17, 15) is 0 Å². The molecule has 0 spiro atoms. The number of nitrogens with zero attached hydrogens (tertiary/aromatic N) is 3. The predicted octanol–water partition coefficient (Wildman–Crippen LogP) is 1.64. The molecule has 0 aliphatic carbocycles. The fourth-order valence-corrected chi connectivity index (χ4v) is 0.0632. The van der Waals surface area contributed by atoms with Crippen LogP contribution in [0.1, 0.15) is 0 Å². The Labute approximate surface area is 35.9 Å². The second-order valence-electron chi connectivity index (χ2n) is 0.756. The van der Waals surface area contributed by atoms with E-state index < -0.39 is 0 Å². The van der Waals surface area contributed by atoms with Gasteiger partial charge in [-0.05, 0) is 12.5 Å². The third-order valence-corrected chi connectivity index (χ3v) is 0.186. The maximum atomic E-state index is 7.59. The van der Waals surface area contributed by atoms with Gasteiger partial charge in [-0.1, -0.05) is 11.7 Å². The Morgan fingerprint density at radius 1 is 1.83 bits per heavy atom. The highest BCUT2D eigenvalue weighted by Crippen LogP contribution is 1.83. The van der Waals surface area contributed by atoms with Crippen LogP contribution in [0.2, 0.25) is 0 Å². The molecule has 0 aromatic carbocycles. The average Bonchev–Trinajstić information content (AvgIpc) is 1.35. The van der Waals surface area contributed by atoms with E-state index in [0.29, 0.717) is 0 Å². The molecule has 0 heterocycles. The van der Waals surface area contributed by atoms with E-state index in [-0.39, 0.29) is 5.70 Å². The summed E-state index contributed by atoms with van der Waals surface area (Å²) in [6, 6.07) is 0. The smallest absolute Gasteiger partial charge is 0.00818 e. The first-order valence-electron chi connectivity index (χ1n) is 1.33. The summed E-state index contributed by atoms with van der Waals surface area (Å²) in [4.78, 5) is 2.40. The maximum Gasteiger partial charge on any atom is 0.00818 e. The Bertz CT molecular complexity index is 98.6. The molecule has 0 N–H and O–H groups in total. The first-order valence-corrected chi connectivity index (χ1v) is 1.33. The first kappa shape index (κ1) is 5.05. The van der Waals surface area contributed by atoms with E-state index in [0.717, 1.165) is 0 Å². The van der Waals surface area contributed by atoms with Crippen LogP contribution >= 0.6 is 0 Å². The van der Waals surface area contributed by atoms with Gasteiger partial charge in [0.25, 0.3) is 0 Å². The van der Waals surface area contributed by atoms with Crippen LogP contribution in [0.25, 0.3) is 10.4 Å². The minimum Gasteiger partial charge on any atom is -0.0936 e. The Morgan fingerprint density at radius 3 is 2.33 bits per heavy atom. The summed E-state index contributed by atoms with van der Waals surface area (Å²) in [5.74, 6) is 0. The molecular weight excluding hydrogens is 78.1 g/mol. The normalized spacial score (nSPS) is 6.17. The van der Waals surface area contributed by atoms with Gasteiger partial charge < -0.3 is 0 Å². The van der Waals surface area contributed by atoms with Crippen LogP contribution < -0.4 is 0 Å². The van der Waals surface area contributed by atoms with Crippen molar-refractivity contribution in [1.82, 2.24) is 0 Å². The molecule has 0 unspecified atom stereocenters. The van der Waals surface area contributed by atoms with Gasteiger partial charge in [0, 0.05) is 10.6 Å². The molecule has 0 saturated carbocycles. The summed E-state index contributed by atoms with van der Waals surface area (Å²) in [5.41, 5.74) is 7.84. The van der Waals surface area contributed by atoms with Crippen molar-refractivity contribution >= 4 is 0 Å². The molecule has 1 radical (unpaired) electrons. The average molecular weight is 82.1 g/mol. The molecule has 0 bridgehead atoms. The highest BCUT2D eigenvalue weighted by molar-refractivity contribution is 4.93. The van der Waals surface area contributed by atoms with Crippen molar-refractivity contribution in [1.29, 1.82) is 0 Å². The molecule has 3 nitrogen and oxygen atoms in total. The Morgan fingerprint density at radius 2 is 2.33 bits per heavy atom. The van der Waals surface area contributed by atoms with Crippen LogP contribution in [0.3, 0.4) is 0 Å². The predicted molar refractivity (Wildman–Crippen MR) is 23.6 cm³/mol. The van der Waals surface area contributed by atoms with Gasteiger partial charge in [0.2, 0.25) is 0 Å². The highest BCUT2D eigenvalue weighted by atomic mass is 15.1. The number of hydrogen-bond donors (Lipinski definition) is 0. The third-order valence-electron chi connectivity index (χ3n) is 0.186. The second kappa shape index (κ2) is 2.30. The van der Waals surface area contributed by atoms with Gasteiger partial charge in [-0.3, -0.25) is 0 Å². The fraction of sp³-hybridized carbons (Fsp3) is 0. The molecule has 0 aliphatic heterocycles. The molecule has 6 heavy (non-hydrogen) atoms. The van der Waals surface area contributed by atoms with E-state index >= 15 is 0 Å². The van der Waals surface area contributed by atoms with Gasteiger partial charge in [-0.2, -0.15) is 0 Å². The first-order chi connectivity index (χ1) is 2.77. The van der Waals surface area contributed by atoms with Gasteiger partial charge in [-0.15, -0.1) is 0 Å². The van der Waals surface area contributed by atoms with Crippen LogP contribution in [-0.4, -0.2) is 0 Å². The lowest BCUT2D eigenvalue weighted by molar-refractivity contribution is 1.39. The molecule has 0 aromatic heterocycles. The van der Waals surface area contributed by atoms with Crippen molar-refractivity contribution in [2.45, 2.75) is 0 Å². The van der Waals surface area contributed by atoms with E-state index in [2.05, 4.69) is 23.5 Å². The summed E-state index contributed by atoms with van der Waals surface area (Å²) in [6.07, 6.45) is 0. The number of hydrogen-bond acceptors (Lipinski definition) is 1. The second-order valence-corrected chi connectivity index (χ2v) is 0.756. The minimum atomic E-state index is 0.248. The topological polar surface area (TPSA) is 48.8 Å². The number of rotatable bonds is 1. The van der Waals surface area contributed by atoms with Crippen LogP contribution in [0.4, 0.5) is 0 Å².